The summed E-state index contributed by atoms with van der Waals surface area (Å²) in [5, 5.41) is 13.9. The van der Waals surface area contributed by atoms with Gasteiger partial charge in [0.15, 0.2) is 0 Å². The molecule has 1 aliphatic rings. The molecule has 2 N–H and O–H groups in total. The minimum atomic E-state index is -0.379. The van der Waals surface area contributed by atoms with Crippen LogP contribution in [0.1, 0.15) is 44.1 Å². The molecule has 1 aromatic carbocycles. The van der Waals surface area contributed by atoms with Crippen molar-refractivity contribution in [1.29, 1.82) is 0 Å². The van der Waals surface area contributed by atoms with Crippen molar-refractivity contribution in [3.63, 3.8) is 0 Å². The fourth-order valence-electron chi connectivity index (χ4n) is 3.54. The second kappa shape index (κ2) is 6.85. The highest BCUT2D eigenvalue weighted by atomic mass is 16.3. The SMILES string of the molecule is Cc1c(C(C)NC(=O)N2CCCC(C(C)O)C2)oc2ccccc12. The third-order valence-corrected chi connectivity index (χ3v) is 5.04. The molecule has 1 aromatic heterocycles. The van der Waals surface area contributed by atoms with Gasteiger partial charge in [-0.05, 0) is 39.7 Å². The minimum Gasteiger partial charge on any atom is -0.459 e. The fourth-order valence-corrected chi connectivity index (χ4v) is 3.54. The van der Waals surface area contributed by atoms with E-state index in [4.69, 9.17) is 4.42 Å². The first kappa shape index (κ1) is 16.8. The molecule has 3 rings (SSSR count). The van der Waals surface area contributed by atoms with Crippen LogP contribution in [0.25, 0.3) is 11.0 Å². The van der Waals surface area contributed by atoms with Crippen molar-refractivity contribution in [3.8, 4) is 0 Å². The summed E-state index contributed by atoms with van der Waals surface area (Å²) in [5.41, 5.74) is 1.91. The number of carbonyl (C=O) groups is 1. The highest BCUT2D eigenvalue weighted by Gasteiger charge is 2.28. The number of fused-ring (bicyclic) bond motifs is 1. The van der Waals surface area contributed by atoms with Gasteiger partial charge in [-0.15, -0.1) is 0 Å². The number of urea groups is 1. The maximum absolute atomic E-state index is 12.6. The average molecular weight is 330 g/mol. The summed E-state index contributed by atoms with van der Waals surface area (Å²) in [4.78, 5) is 14.4. The van der Waals surface area contributed by atoms with Gasteiger partial charge in [-0.2, -0.15) is 0 Å². The van der Waals surface area contributed by atoms with Crippen LogP contribution >= 0.6 is 0 Å². The van der Waals surface area contributed by atoms with Crippen molar-refractivity contribution in [2.75, 3.05) is 13.1 Å². The number of nitrogens with one attached hydrogen (secondary N) is 1. The standard InChI is InChI=1S/C19H26N2O3/c1-12-16-8-4-5-9-17(16)24-18(12)13(2)20-19(23)21-10-6-7-15(11-21)14(3)22/h4-5,8-9,13-15,22H,6-7,10-11H2,1-3H3,(H,20,23). The Bertz CT molecular complexity index is 722. The monoisotopic (exact) mass is 330 g/mol. The first-order valence-corrected chi connectivity index (χ1v) is 8.69. The molecule has 1 fully saturated rings. The summed E-state index contributed by atoms with van der Waals surface area (Å²) < 4.78 is 5.93. The molecule has 24 heavy (non-hydrogen) atoms. The smallest absolute Gasteiger partial charge is 0.317 e. The Morgan fingerprint density at radius 1 is 1.38 bits per heavy atom. The lowest BCUT2D eigenvalue weighted by Gasteiger charge is -2.34. The van der Waals surface area contributed by atoms with Gasteiger partial charge in [-0.25, -0.2) is 4.79 Å². The van der Waals surface area contributed by atoms with Gasteiger partial charge in [0.05, 0.1) is 12.1 Å². The summed E-state index contributed by atoms with van der Waals surface area (Å²) >= 11 is 0. The normalized spacial score (nSPS) is 20.8. The molecule has 1 saturated heterocycles. The Balaban J connectivity index is 1.70. The zero-order valence-electron chi connectivity index (χ0n) is 14.6. The van der Waals surface area contributed by atoms with Crippen LogP contribution in [-0.4, -0.2) is 35.2 Å². The number of aliphatic hydroxyl groups excluding tert-OH is 1. The van der Waals surface area contributed by atoms with Gasteiger partial charge in [-0.3, -0.25) is 0 Å². The Morgan fingerprint density at radius 3 is 2.83 bits per heavy atom. The van der Waals surface area contributed by atoms with Crippen LogP contribution in [0.5, 0.6) is 0 Å². The molecule has 2 aromatic rings. The second-order valence-corrected chi connectivity index (χ2v) is 6.85. The molecular weight excluding hydrogens is 304 g/mol. The highest BCUT2D eigenvalue weighted by molar-refractivity contribution is 5.82. The Kier molecular flexibility index (Phi) is 4.81. The van der Waals surface area contributed by atoms with Gasteiger partial charge in [0.1, 0.15) is 11.3 Å². The lowest BCUT2D eigenvalue weighted by Crippen LogP contribution is -2.47. The number of aliphatic hydroxyl groups is 1. The molecule has 3 atom stereocenters. The van der Waals surface area contributed by atoms with Crippen molar-refractivity contribution in [1.82, 2.24) is 10.2 Å². The van der Waals surface area contributed by atoms with E-state index < -0.39 is 0 Å². The van der Waals surface area contributed by atoms with Crippen LogP contribution in [0.2, 0.25) is 0 Å². The summed E-state index contributed by atoms with van der Waals surface area (Å²) in [7, 11) is 0. The molecule has 3 unspecified atom stereocenters. The number of carbonyl (C=O) groups excluding carboxylic acids is 1. The van der Waals surface area contributed by atoms with E-state index in [9.17, 15) is 9.90 Å². The van der Waals surface area contributed by atoms with E-state index in [0.29, 0.717) is 6.54 Å². The number of piperidine rings is 1. The van der Waals surface area contributed by atoms with Gasteiger partial charge in [0.2, 0.25) is 0 Å². The van der Waals surface area contributed by atoms with Gasteiger partial charge < -0.3 is 19.7 Å². The lowest BCUT2D eigenvalue weighted by molar-refractivity contribution is 0.0732. The number of hydrogen-bond donors (Lipinski definition) is 2. The molecule has 130 valence electrons. The number of likely N-dealkylation sites (tertiary alicyclic amines) is 1. The predicted octanol–water partition coefficient (Wildman–Crippen LogP) is 3.60. The highest BCUT2D eigenvalue weighted by Crippen LogP contribution is 2.29. The quantitative estimate of drug-likeness (QED) is 0.903. The number of rotatable bonds is 3. The topological polar surface area (TPSA) is 65.7 Å². The fraction of sp³-hybridized carbons (Fsp3) is 0.526. The molecule has 0 aliphatic carbocycles. The first-order valence-electron chi connectivity index (χ1n) is 8.69. The van der Waals surface area contributed by atoms with E-state index >= 15 is 0 Å². The predicted molar refractivity (Wildman–Crippen MR) is 93.9 cm³/mol. The van der Waals surface area contributed by atoms with Gasteiger partial charge in [0.25, 0.3) is 0 Å². The van der Waals surface area contributed by atoms with Crippen LogP contribution < -0.4 is 5.32 Å². The summed E-state index contributed by atoms with van der Waals surface area (Å²) in [5.74, 6) is 0.960. The largest absolute Gasteiger partial charge is 0.459 e. The molecule has 0 spiro atoms. The molecule has 0 bridgehead atoms. The molecular formula is C19H26N2O3. The van der Waals surface area contributed by atoms with E-state index in [-0.39, 0.29) is 24.1 Å². The number of amides is 2. The zero-order chi connectivity index (χ0) is 17.3. The Morgan fingerprint density at radius 2 is 2.12 bits per heavy atom. The van der Waals surface area contributed by atoms with Crippen molar-refractivity contribution < 1.29 is 14.3 Å². The Hall–Kier alpha value is -2.01. The number of nitrogens with zero attached hydrogens (tertiary/aromatic N) is 1. The van der Waals surface area contributed by atoms with Crippen molar-refractivity contribution in [2.45, 2.75) is 45.8 Å². The van der Waals surface area contributed by atoms with E-state index in [1.165, 1.54) is 0 Å². The molecule has 5 nitrogen and oxygen atoms in total. The molecule has 0 saturated carbocycles. The van der Waals surface area contributed by atoms with Gasteiger partial charge >= 0.3 is 6.03 Å². The summed E-state index contributed by atoms with van der Waals surface area (Å²) in [6.45, 7) is 7.11. The summed E-state index contributed by atoms with van der Waals surface area (Å²) in [6.07, 6.45) is 1.52. The van der Waals surface area contributed by atoms with Crippen LogP contribution in [0, 0.1) is 12.8 Å². The van der Waals surface area contributed by atoms with E-state index in [0.717, 1.165) is 41.7 Å². The van der Waals surface area contributed by atoms with E-state index in [2.05, 4.69) is 5.32 Å². The van der Waals surface area contributed by atoms with E-state index in [1.807, 2.05) is 38.1 Å². The third kappa shape index (κ3) is 3.26. The molecule has 5 heteroatoms. The Labute approximate surface area is 142 Å². The van der Waals surface area contributed by atoms with E-state index in [1.54, 1.807) is 11.8 Å². The molecule has 0 radical (unpaired) electrons. The number of benzene rings is 1. The van der Waals surface area contributed by atoms with Crippen molar-refractivity contribution in [3.05, 3.63) is 35.6 Å². The molecule has 2 amide bonds. The third-order valence-electron chi connectivity index (χ3n) is 5.04. The maximum atomic E-state index is 12.6. The number of furan rings is 1. The van der Waals surface area contributed by atoms with Gasteiger partial charge in [-0.1, -0.05) is 18.2 Å². The van der Waals surface area contributed by atoms with Crippen molar-refractivity contribution >= 4 is 17.0 Å². The second-order valence-electron chi connectivity index (χ2n) is 6.85. The van der Waals surface area contributed by atoms with Gasteiger partial charge in [0, 0.05) is 30.0 Å². The maximum Gasteiger partial charge on any atom is 0.317 e. The van der Waals surface area contributed by atoms with Crippen molar-refractivity contribution in [2.24, 2.45) is 5.92 Å². The van der Waals surface area contributed by atoms with Crippen LogP contribution in [-0.2, 0) is 0 Å². The lowest BCUT2D eigenvalue weighted by atomic mass is 9.94. The molecule has 2 heterocycles. The van der Waals surface area contributed by atoms with Crippen LogP contribution in [0.15, 0.2) is 28.7 Å². The average Bonchev–Trinajstić information content (AvgIpc) is 2.92. The summed E-state index contributed by atoms with van der Waals surface area (Å²) in [6, 6.07) is 7.62. The van der Waals surface area contributed by atoms with Crippen LogP contribution in [0.4, 0.5) is 4.79 Å². The first-order chi connectivity index (χ1) is 11.5. The zero-order valence-corrected chi connectivity index (χ0v) is 14.6. The number of hydrogen-bond acceptors (Lipinski definition) is 3. The molecule has 1 aliphatic heterocycles. The number of para-hydroxylation sites is 1. The minimum absolute atomic E-state index is 0.0901. The number of aryl methyl sites for hydroxylation is 1. The van der Waals surface area contributed by atoms with Crippen LogP contribution in [0.3, 0.4) is 0 Å².